The van der Waals surface area contributed by atoms with E-state index in [2.05, 4.69) is 10.6 Å². The molecule has 1 aliphatic rings. The van der Waals surface area contributed by atoms with Gasteiger partial charge in [0.05, 0.1) is 12.7 Å². The van der Waals surface area contributed by atoms with Crippen molar-refractivity contribution in [3.63, 3.8) is 0 Å². The Labute approximate surface area is 168 Å². The molecule has 1 aliphatic heterocycles. The molecule has 2 N–H and O–H groups in total. The molecule has 2 aromatic carbocycles. The molecule has 0 saturated carbocycles. The standard InChI is InChI=1S/C22H22N2O5/c1-13-20(22(26)24-17-9-10-23-21(17)25)16-11-15(7-8-19(16)29-13)28-12-14-5-3-4-6-18(14)27-2/h3-8,11,17H,9-10,12H2,1-2H3,(H,23,25)(H,24,26). The number of furan rings is 1. The second-order valence-electron chi connectivity index (χ2n) is 6.90. The minimum atomic E-state index is -0.517. The van der Waals surface area contributed by atoms with E-state index in [4.69, 9.17) is 13.9 Å². The average Bonchev–Trinajstić information content (AvgIpc) is 3.27. The van der Waals surface area contributed by atoms with Crippen LogP contribution in [0, 0.1) is 6.92 Å². The van der Waals surface area contributed by atoms with Crippen LogP contribution in [0.4, 0.5) is 0 Å². The van der Waals surface area contributed by atoms with E-state index in [-0.39, 0.29) is 11.8 Å². The van der Waals surface area contributed by atoms with E-state index in [0.717, 1.165) is 11.3 Å². The summed E-state index contributed by atoms with van der Waals surface area (Å²) < 4.78 is 17.0. The third kappa shape index (κ3) is 3.76. The number of carbonyl (C=O) groups excluding carboxylic acids is 2. The van der Waals surface area contributed by atoms with Crippen molar-refractivity contribution < 1.29 is 23.5 Å². The largest absolute Gasteiger partial charge is 0.496 e. The summed E-state index contributed by atoms with van der Waals surface area (Å²) in [5, 5.41) is 6.15. The van der Waals surface area contributed by atoms with Gasteiger partial charge in [-0.2, -0.15) is 0 Å². The summed E-state index contributed by atoms with van der Waals surface area (Å²) in [5.41, 5.74) is 1.93. The number of hydrogen-bond donors (Lipinski definition) is 2. The van der Waals surface area contributed by atoms with Crippen LogP contribution < -0.4 is 20.1 Å². The number of fused-ring (bicyclic) bond motifs is 1. The third-order valence-corrected chi connectivity index (χ3v) is 5.00. The molecule has 1 fully saturated rings. The molecular weight excluding hydrogens is 372 g/mol. The van der Waals surface area contributed by atoms with Crippen LogP contribution >= 0.6 is 0 Å². The summed E-state index contributed by atoms with van der Waals surface area (Å²) >= 11 is 0. The van der Waals surface area contributed by atoms with E-state index in [1.807, 2.05) is 24.3 Å². The number of nitrogens with one attached hydrogen (secondary N) is 2. The molecule has 0 aliphatic carbocycles. The minimum absolute atomic E-state index is 0.162. The van der Waals surface area contributed by atoms with Crippen LogP contribution in [0.2, 0.25) is 0 Å². The van der Waals surface area contributed by atoms with Crippen molar-refractivity contribution in [3.8, 4) is 11.5 Å². The van der Waals surface area contributed by atoms with Crippen molar-refractivity contribution in [2.45, 2.75) is 26.0 Å². The van der Waals surface area contributed by atoms with Crippen LogP contribution in [-0.2, 0) is 11.4 Å². The second-order valence-corrected chi connectivity index (χ2v) is 6.90. The fourth-order valence-electron chi connectivity index (χ4n) is 3.52. The van der Waals surface area contributed by atoms with Gasteiger partial charge < -0.3 is 24.5 Å². The smallest absolute Gasteiger partial charge is 0.256 e. The van der Waals surface area contributed by atoms with Crippen LogP contribution in [0.3, 0.4) is 0 Å². The van der Waals surface area contributed by atoms with Gasteiger partial charge in [-0.1, -0.05) is 18.2 Å². The van der Waals surface area contributed by atoms with E-state index in [1.54, 1.807) is 32.2 Å². The van der Waals surface area contributed by atoms with E-state index in [0.29, 0.717) is 47.6 Å². The van der Waals surface area contributed by atoms with E-state index in [1.165, 1.54) is 0 Å². The lowest BCUT2D eigenvalue weighted by molar-refractivity contribution is -0.120. The SMILES string of the molecule is COc1ccccc1COc1ccc2oc(C)c(C(=O)NC3CCNC3=O)c2c1. The molecule has 7 nitrogen and oxygen atoms in total. The molecule has 7 heteroatoms. The molecule has 4 rings (SSSR count). The zero-order valence-corrected chi connectivity index (χ0v) is 16.3. The van der Waals surface area contributed by atoms with Crippen molar-refractivity contribution in [2.75, 3.05) is 13.7 Å². The van der Waals surface area contributed by atoms with Gasteiger partial charge in [0.1, 0.15) is 35.5 Å². The fourth-order valence-corrected chi connectivity index (χ4v) is 3.52. The van der Waals surface area contributed by atoms with Gasteiger partial charge in [-0.3, -0.25) is 9.59 Å². The molecule has 29 heavy (non-hydrogen) atoms. The molecule has 0 bridgehead atoms. The highest BCUT2D eigenvalue weighted by Crippen LogP contribution is 2.30. The topological polar surface area (TPSA) is 89.8 Å². The quantitative estimate of drug-likeness (QED) is 0.671. The Kier molecular flexibility index (Phi) is 5.12. The van der Waals surface area contributed by atoms with Crippen LogP contribution in [-0.4, -0.2) is 31.5 Å². The minimum Gasteiger partial charge on any atom is -0.496 e. The highest BCUT2D eigenvalue weighted by Gasteiger charge is 2.28. The summed E-state index contributed by atoms with van der Waals surface area (Å²) in [6.45, 7) is 2.63. The van der Waals surface area contributed by atoms with Crippen LogP contribution in [0.5, 0.6) is 11.5 Å². The van der Waals surface area contributed by atoms with Crippen LogP contribution in [0.1, 0.15) is 28.1 Å². The number of para-hydroxylation sites is 1. The highest BCUT2D eigenvalue weighted by molar-refractivity contribution is 6.08. The fraction of sp³-hybridized carbons (Fsp3) is 0.273. The molecule has 1 unspecified atom stereocenters. The first-order chi connectivity index (χ1) is 14.1. The Morgan fingerprint density at radius 1 is 1.28 bits per heavy atom. The molecule has 1 aromatic heterocycles. The summed E-state index contributed by atoms with van der Waals surface area (Å²) in [6.07, 6.45) is 0.576. The van der Waals surface area contributed by atoms with Gasteiger partial charge in [0.15, 0.2) is 0 Å². The maximum Gasteiger partial charge on any atom is 0.256 e. The van der Waals surface area contributed by atoms with Crippen molar-refractivity contribution in [1.82, 2.24) is 10.6 Å². The molecule has 3 aromatic rings. The monoisotopic (exact) mass is 394 g/mol. The number of amides is 2. The van der Waals surface area contributed by atoms with Gasteiger partial charge in [-0.25, -0.2) is 0 Å². The second kappa shape index (κ2) is 7.87. The summed E-state index contributed by atoms with van der Waals surface area (Å²) in [7, 11) is 1.62. The first kappa shape index (κ1) is 18.9. The van der Waals surface area contributed by atoms with E-state index < -0.39 is 6.04 Å². The Morgan fingerprint density at radius 3 is 2.86 bits per heavy atom. The Hall–Kier alpha value is -3.48. The van der Waals surface area contributed by atoms with Crippen molar-refractivity contribution >= 4 is 22.8 Å². The van der Waals surface area contributed by atoms with Crippen molar-refractivity contribution in [1.29, 1.82) is 0 Å². The Bertz CT molecular complexity index is 1070. The summed E-state index contributed by atoms with van der Waals surface area (Å²) in [5.74, 6) is 1.37. The van der Waals surface area contributed by atoms with Gasteiger partial charge in [0, 0.05) is 17.5 Å². The van der Waals surface area contributed by atoms with Crippen LogP contribution in [0.15, 0.2) is 46.9 Å². The van der Waals surface area contributed by atoms with Gasteiger partial charge in [-0.15, -0.1) is 0 Å². The molecule has 1 saturated heterocycles. The number of aryl methyl sites for hydroxylation is 1. The van der Waals surface area contributed by atoms with Gasteiger partial charge in [0.25, 0.3) is 5.91 Å². The molecule has 2 amide bonds. The Balaban J connectivity index is 1.57. The first-order valence-corrected chi connectivity index (χ1v) is 9.43. The lowest BCUT2D eigenvalue weighted by Crippen LogP contribution is -2.40. The lowest BCUT2D eigenvalue weighted by atomic mass is 10.1. The van der Waals surface area contributed by atoms with E-state index >= 15 is 0 Å². The predicted octanol–water partition coefficient (Wildman–Crippen LogP) is 2.95. The molecule has 0 radical (unpaired) electrons. The first-order valence-electron chi connectivity index (χ1n) is 9.43. The number of methoxy groups -OCH3 is 1. The third-order valence-electron chi connectivity index (χ3n) is 5.00. The van der Waals surface area contributed by atoms with Crippen LogP contribution in [0.25, 0.3) is 11.0 Å². The molecular formula is C22H22N2O5. The molecule has 150 valence electrons. The predicted molar refractivity (Wildman–Crippen MR) is 107 cm³/mol. The Morgan fingerprint density at radius 2 is 2.10 bits per heavy atom. The maximum atomic E-state index is 12.8. The zero-order valence-electron chi connectivity index (χ0n) is 16.3. The number of rotatable bonds is 6. The summed E-state index contributed by atoms with van der Waals surface area (Å²) in [6, 6.07) is 12.5. The summed E-state index contributed by atoms with van der Waals surface area (Å²) in [4.78, 5) is 24.6. The number of hydrogen-bond acceptors (Lipinski definition) is 5. The van der Waals surface area contributed by atoms with Crippen molar-refractivity contribution in [3.05, 3.63) is 59.4 Å². The van der Waals surface area contributed by atoms with Gasteiger partial charge in [0.2, 0.25) is 5.91 Å². The molecule has 1 atom stereocenters. The van der Waals surface area contributed by atoms with Gasteiger partial charge in [-0.05, 0) is 37.6 Å². The molecule has 0 spiro atoms. The maximum absolute atomic E-state index is 12.8. The number of benzene rings is 2. The zero-order chi connectivity index (χ0) is 20.4. The van der Waals surface area contributed by atoms with Crippen molar-refractivity contribution in [2.24, 2.45) is 0 Å². The average molecular weight is 394 g/mol. The number of carbonyl (C=O) groups is 2. The normalized spacial score (nSPS) is 15.9. The number of ether oxygens (including phenoxy) is 2. The van der Waals surface area contributed by atoms with E-state index in [9.17, 15) is 9.59 Å². The molecule has 2 heterocycles. The van der Waals surface area contributed by atoms with Gasteiger partial charge >= 0.3 is 0 Å². The lowest BCUT2D eigenvalue weighted by Gasteiger charge is -2.11. The highest BCUT2D eigenvalue weighted by atomic mass is 16.5.